The van der Waals surface area contributed by atoms with Gasteiger partial charge >= 0.3 is 5.97 Å². The maximum atomic E-state index is 11.1. The summed E-state index contributed by atoms with van der Waals surface area (Å²) in [5.41, 5.74) is 0.366. The van der Waals surface area contributed by atoms with E-state index in [4.69, 9.17) is 14.6 Å². The zero-order valence-electron chi connectivity index (χ0n) is 11.4. The second-order valence-electron chi connectivity index (χ2n) is 4.35. The first kappa shape index (κ1) is 16.5. The first-order valence-electron chi connectivity index (χ1n) is 5.91. The molecule has 0 aliphatic rings. The van der Waals surface area contributed by atoms with E-state index < -0.39 is 5.97 Å². The van der Waals surface area contributed by atoms with Gasteiger partial charge in [-0.1, -0.05) is 20.4 Å². The zero-order valence-corrected chi connectivity index (χ0v) is 11.4. The van der Waals surface area contributed by atoms with Crippen molar-refractivity contribution in [2.24, 2.45) is 5.92 Å². The van der Waals surface area contributed by atoms with E-state index in [9.17, 15) is 4.79 Å². The Morgan fingerprint density at radius 1 is 1.39 bits per heavy atom. The molecule has 1 unspecified atom stereocenters. The van der Waals surface area contributed by atoms with Gasteiger partial charge in [-0.25, -0.2) is 4.79 Å². The molecular formula is C13H23NO4. The van der Waals surface area contributed by atoms with Gasteiger partial charge in [0, 0.05) is 5.57 Å². The smallest absolute Gasteiger partial charge is 0.333 e. The van der Waals surface area contributed by atoms with Crippen molar-refractivity contribution in [1.29, 1.82) is 0 Å². The summed E-state index contributed by atoms with van der Waals surface area (Å²) in [5.74, 6) is 0.127. The average molecular weight is 257 g/mol. The van der Waals surface area contributed by atoms with Gasteiger partial charge in [-0.2, -0.15) is 0 Å². The minimum atomic E-state index is -0.418. The van der Waals surface area contributed by atoms with E-state index in [2.05, 4.69) is 18.5 Å². The topological polar surface area (TPSA) is 67.8 Å². The first-order valence-corrected chi connectivity index (χ1v) is 5.91. The summed E-state index contributed by atoms with van der Waals surface area (Å²) in [6, 6.07) is 0. The van der Waals surface area contributed by atoms with Crippen LogP contribution in [0.2, 0.25) is 0 Å². The largest absolute Gasteiger partial charge is 0.474 e. The van der Waals surface area contributed by atoms with Gasteiger partial charge in [0.25, 0.3) is 0 Å². The molecule has 104 valence electrons. The van der Waals surface area contributed by atoms with Crippen LogP contribution in [-0.4, -0.2) is 36.9 Å². The van der Waals surface area contributed by atoms with Crippen LogP contribution in [0.15, 0.2) is 24.6 Å². The van der Waals surface area contributed by atoms with E-state index in [1.165, 1.54) is 0 Å². The molecule has 0 rings (SSSR count). The van der Waals surface area contributed by atoms with Crippen LogP contribution in [0.25, 0.3) is 0 Å². The third-order valence-corrected chi connectivity index (χ3v) is 2.22. The Hall–Kier alpha value is -1.49. The summed E-state index contributed by atoms with van der Waals surface area (Å²) in [6.45, 7) is 13.2. The predicted molar refractivity (Wildman–Crippen MR) is 69.7 cm³/mol. The Morgan fingerprint density at radius 3 is 2.44 bits per heavy atom. The highest BCUT2D eigenvalue weighted by Gasteiger charge is 2.14. The van der Waals surface area contributed by atoms with E-state index in [0.717, 1.165) is 0 Å². The highest BCUT2D eigenvalue weighted by atomic mass is 16.5. The molecule has 2 N–H and O–H groups in total. The Morgan fingerprint density at radius 2 is 2.00 bits per heavy atom. The molecule has 5 nitrogen and oxygen atoms in total. The summed E-state index contributed by atoms with van der Waals surface area (Å²) in [4.78, 5) is 11.1. The van der Waals surface area contributed by atoms with Crippen LogP contribution in [0.3, 0.4) is 0 Å². The van der Waals surface area contributed by atoms with E-state index in [1.54, 1.807) is 6.92 Å². The van der Waals surface area contributed by atoms with Crippen molar-refractivity contribution in [3.05, 3.63) is 24.6 Å². The minimum Gasteiger partial charge on any atom is -0.474 e. The molecular weight excluding hydrogens is 234 g/mol. The number of carbonyl (C=O) groups excluding carboxylic acids is 1. The molecule has 0 saturated carbocycles. The zero-order chi connectivity index (χ0) is 14.1. The molecule has 1 atom stereocenters. The lowest BCUT2D eigenvalue weighted by molar-refractivity contribution is -0.138. The number of aliphatic hydroxyl groups excluding tert-OH is 1. The third kappa shape index (κ3) is 6.96. The minimum absolute atomic E-state index is 0.0665. The van der Waals surface area contributed by atoms with Crippen molar-refractivity contribution < 1.29 is 19.4 Å². The first-order chi connectivity index (χ1) is 8.38. The molecule has 0 amide bonds. The van der Waals surface area contributed by atoms with Crippen molar-refractivity contribution >= 4 is 5.97 Å². The Bertz CT molecular complexity index is 299. The van der Waals surface area contributed by atoms with Gasteiger partial charge < -0.3 is 19.9 Å². The molecule has 0 aliphatic carbocycles. The number of rotatable bonds is 9. The Kier molecular flexibility index (Phi) is 7.87. The molecule has 5 heteroatoms. The molecule has 0 aromatic carbocycles. The quantitative estimate of drug-likeness (QED) is 0.281. The van der Waals surface area contributed by atoms with Crippen LogP contribution in [0.5, 0.6) is 0 Å². The number of hydrogen-bond acceptors (Lipinski definition) is 5. The van der Waals surface area contributed by atoms with Crippen LogP contribution in [0.1, 0.15) is 20.8 Å². The van der Waals surface area contributed by atoms with Gasteiger partial charge in [0.2, 0.25) is 0 Å². The standard InChI is InChI=1S/C13H23NO4/c1-9(2)12(8-15)18-11(5)14-6-7-17-13(16)10(3)4/h9,12,14-15H,3,5-8H2,1-2,4H3. The SMILES string of the molecule is C=C(NCCOC(=O)C(=C)C)OC(CO)C(C)C. The normalized spacial score (nSPS) is 11.8. The van der Waals surface area contributed by atoms with Crippen LogP contribution in [0, 0.1) is 5.92 Å². The van der Waals surface area contributed by atoms with Gasteiger partial charge in [-0.15, -0.1) is 0 Å². The van der Waals surface area contributed by atoms with Crippen molar-refractivity contribution in [2.75, 3.05) is 19.8 Å². The summed E-state index contributed by atoms with van der Waals surface area (Å²) in [5, 5.41) is 11.9. The summed E-state index contributed by atoms with van der Waals surface area (Å²) in [7, 11) is 0. The molecule has 0 radical (unpaired) electrons. The van der Waals surface area contributed by atoms with Crippen molar-refractivity contribution in [2.45, 2.75) is 26.9 Å². The second kappa shape index (κ2) is 8.58. The fraction of sp³-hybridized carbons (Fsp3) is 0.615. The number of ether oxygens (including phenoxy) is 2. The number of aliphatic hydroxyl groups is 1. The van der Waals surface area contributed by atoms with Gasteiger partial charge in [0.15, 0.2) is 5.88 Å². The summed E-state index contributed by atoms with van der Waals surface area (Å²) >= 11 is 0. The van der Waals surface area contributed by atoms with E-state index in [0.29, 0.717) is 18.0 Å². The molecule has 0 bridgehead atoms. The summed E-state index contributed by atoms with van der Waals surface area (Å²) < 4.78 is 10.3. The second-order valence-corrected chi connectivity index (χ2v) is 4.35. The molecule has 0 spiro atoms. The Balaban J connectivity index is 3.77. The molecule has 0 saturated heterocycles. The molecule has 0 aliphatic heterocycles. The van der Waals surface area contributed by atoms with E-state index in [1.807, 2.05) is 13.8 Å². The lowest BCUT2D eigenvalue weighted by Crippen LogP contribution is -2.29. The van der Waals surface area contributed by atoms with Crippen molar-refractivity contribution in [1.82, 2.24) is 5.32 Å². The van der Waals surface area contributed by atoms with Gasteiger partial charge in [0.1, 0.15) is 12.7 Å². The third-order valence-electron chi connectivity index (χ3n) is 2.22. The molecule has 0 aromatic heterocycles. The fourth-order valence-corrected chi connectivity index (χ4v) is 1.07. The number of hydrogen-bond donors (Lipinski definition) is 2. The van der Waals surface area contributed by atoms with Gasteiger partial charge in [-0.05, 0) is 19.4 Å². The van der Waals surface area contributed by atoms with Gasteiger partial charge in [0.05, 0.1) is 13.2 Å². The van der Waals surface area contributed by atoms with Crippen molar-refractivity contribution in [3.8, 4) is 0 Å². The highest BCUT2D eigenvalue weighted by molar-refractivity contribution is 5.86. The average Bonchev–Trinajstić information content (AvgIpc) is 2.30. The van der Waals surface area contributed by atoms with E-state index >= 15 is 0 Å². The summed E-state index contributed by atoms with van der Waals surface area (Å²) in [6.07, 6.45) is -0.289. The lowest BCUT2D eigenvalue weighted by Gasteiger charge is -2.22. The molecule has 0 fully saturated rings. The van der Waals surface area contributed by atoms with Crippen molar-refractivity contribution in [3.63, 3.8) is 0 Å². The van der Waals surface area contributed by atoms with E-state index in [-0.39, 0.29) is 25.2 Å². The van der Waals surface area contributed by atoms with Crippen LogP contribution in [-0.2, 0) is 14.3 Å². The maximum Gasteiger partial charge on any atom is 0.333 e. The molecule has 18 heavy (non-hydrogen) atoms. The number of carbonyl (C=O) groups is 1. The van der Waals surface area contributed by atoms with Crippen LogP contribution in [0.4, 0.5) is 0 Å². The van der Waals surface area contributed by atoms with Crippen LogP contribution < -0.4 is 5.32 Å². The highest BCUT2D eigenvalue weighted by Crippen LogP contribution is 2.08. The lowest BCUT2D eigenvalue weighted by atomic mass is 10.1. The number of nitrogens with one attached hydrogen (secondary N) is 1. The molecule has 0 heterocycles. The van der Waals surface area contributed by atoms with Gasteiger partial charge in [-0.3, -0.25) is 0 Å². The van der Waals surface area contributed by atoms with Crippen LogP contribution >= 0.6 is 0 Å². The number of esters is 1. The predicted octanol–water partition coefficient (Wildman–Crippen LogP) is 1.20. The fourth-order valence-electron chi connectivity index (χ4n) is 1.07. The molecule has 0 aromatic rings. The Labute approximate surface area is 108 Å². The maximum absolute atomic E-state index is 11.1. The monoisotopic (exact) mass is 257 g/mol.